The smallest absolute Gasteiger partial charge is 0.203 e. The van der Waals surface area contributed by atoms with Crippen LogP contribution >= 0.6 is 0 Å². The van der Waals surface area contributed by atoms with Crippen molar-refractivity contribution in [2.24, 2.45) is 0 Å². The molecule has 0 radical (unpaired) electrons. The predicted molar refractivity (Wildman–Crippen MR) is 79.9 cm³/mol. The van der Waals surface area contributed by atoms with Crippen LogP contribution in [0.1, 0.15) is 26.7 Å². The maximum Gasteiger partial charge on any atom is 0.203 e. The van der Waals surface area contributed by atoms with Crippen LogP contribution in [0.4, 0.5) is 0 Å². The van der Waals surface area contributed by atoms with Gasteiger partial charge in [0, 0.05) is 6.54 Å². The number of fused-ring (bicyclic) bond motifs is 1. The summed E-state index contributed by atoms with van der Waals surface area (Å²) < 4.78 is 17.1. The molecule has 0 unspecified atom stereocenters. The van der Waals surface area contributed by atoms with Gasteiger partial charge in [0.25, 0.3) is 0 Å². The fourth-order valence-corrected chi connectivity index (χ4v) is 2.41. The Morgan fingerprint density at radius 2 is 1.80 bits per heavy atom. The van der Waals surface area contributed by atoms with E-state index in [0.29, 0.717) is 19.8 Å². The average Bonchev–Trinajstić information content (AvgIpc) is 2.48. The van der Waals surface area contributed by atoms with E-state index in [-0.39, 0.29) is 0 Å². The molecule has 2 rings (SSSR count). The summed E-state index contributed by atoms with van der Waals surface area (Å²) in [6, 6.07) is 5.80. The van der Waals surface area contributed by atoms with E-state index in [1.807, 2.05) is 18.2 Å². The maximum atomic E-state index is 5.88. The van der Waals surface area contributed by atoms with E-state index >= 15 is 0 Å². The number of hydrogen-bond acceptors (Lipinski definition) is 4. The third-order valence-electron chi connectivity index (χ3n) is 3.27. The van der Waals surface area contributed by atoms with Gasteiger partial charge in [-0.3, -0.25) is 4.90 Å². The van der Waals surface area contributed by atoms with Gasteiger partial charge in [-0.05, 0) is 38.1 Å². The monoisotopic (exact) mass is 279 g/mol. The Labute approximate surface area is 121 Å². The number of para-hydroxylation sites is 1. The van der Waals surface area contributed by atoms with Crippen LogP contribution in [0.2, 0.25) is 0 Å². The summed E-state index contributed by atoms with van der Waals surface area (Å²) in [5.41, 5.74) is 0. The summed E-state index contributed by atoms with van der Waals surface area (Å²) in [6.45, 7) is 9.51. The topological polar surface area (TPSA) is 30.9 Å². The highest BCUT2D eigenvalue weighted by molar-refractivity contribution is 5.51. The number of hydrogen-bond donors (Lipinski definition) is 0. The standard InChI is InChI=1S/C16H25NO3/c1-3-8-17(9-4-2)10-11-18-14-6-5-7-15-16(14)20-13-12-19-15/h5-7H,3-4,8-13H2,1-2H3. The van der Waals surface area contributed by atoms with Gasteiger partial charge in [0.1, 0.15) is 19.8 Å². The zero-order valence-corrected chi connectivity index (χ0v) is 12.6. The van der Waals surface area contributed by atoms with Crippen LogP contribution < -0.4 is 14.2 Å². The van der Waals surface area contributed by atoms with E-state index in [1.54, 1.807) is 0 Å². The Morgan fingerprint density at radius 1 is 1.05 bits per heavy atom. The van der Waals surface area contributed by atoms with Gasteiger partial charge < -0.3 is 14.2 Å². The number of nitrogens with zero attached hydrogens (tertiary/aromatic N) is 1. The van der Waals surface area contributed by atoms with Gasteiger partial charge in [-0.2, -0.15) is 0 Å². The van der Waals surface area contributed by atoms with E-state index in [9.17, 15) is 0 Å². The predicted octanol–water partition coefficient (Wildman–Crippen LogP) is 2.96. The van der Waals surface area contributed by atoms with E-state index in [0.717, 1.165) is 36.9 Å². The van der Waals surface area contributed by atoms with Crippen LogP contribution in [0, 0.1) is 0 Å². The number of rotatable bonds is 8. The average molecular weight is 279 g/mol. The van der Waals surface area contributed by atoms with E-state index in [2.05, 4.69) is 18.7 Å². The highest BCUT2D eigenvalue weighted by Crippen LogP contribution is 2.38. The first-order valence-electron chi connectivity index (χ1n) is 7.59. The van der Waals surface area contributed by atoms with Crippen LogP contribution in [-0.2, 0) is 0 Å². The molecule has 1 aromatic carbocycles. The Hall–Kier alpha value is -1.42. The van der Waals surface area contributed by atoms with Crippen LogP contribution in [0.25, 0.3) is 0 Å². The van der Waals surface area contributed by atoms with E-state index in [1.165, 1.54) is 12.8 Å². The molecule has 1 aliphatic rings. The minimum absolute atomic E-state index is 0.588. The first-order valence-corrected chi connectivity index (χ1v) is 7.59. The van der Waals surface area contributed by atoms with Gasteiger partial charge >= 0.3 is 0 Å². The molecule has 20 heavy (non-hydrogen) atoms. The second-order valence-electron chi connectivity index (χ2n) is 4.97. The van der Waals surface area contributed by atoms with Crippen molar-refractivity contribution in [2.45, 2.75) is 26.7 Å². The molecule has 1 aliphatic heterocycles. The van der Waals surface area contributed by atoms with E-state index < -0.39 is 0 Å². The summed E-state index contributed by atoms with van der Waals surface area (Å²) in [4.78, 5) is 2.44. The normalized spacial score (nSPS) is 13.6. The molecule has 0 saturated heterocycles. The van der Waals surface area contributed by atoms with Crippen molar-refractivity contribution in [1.82, 2.24) is 4.90 Å². The molecule has 4 heteroatoms. The fraction of sp³-hybridized carbons (Fsp3) is 0.625. The highest BCUT2D eigenvalue weighted by Gasteiger charge is 2.16. The van der Waals surface area contributed by atoms with Crippen molar-refractivity contribution in [3.63, 3.8) is 0 Å². The molecule has 0 aliphatic carbocycles. The molecule has 1 heterocycles. The second-order valence-corrected chi connectivity index (χ2v) is 4.97. The molecule has 1 aromatic rings. The molecular weight excluding hydrogens is 254 g/mol. The van der Waals surface area contributed by atoms with Gasteiger partial charge in [-0.25, -0.2) is 0 Å². The third kappa shape index (κ3) is 4.04. The fourth-order valence-electron chi connectivity index (χ4n) is 2.41. The lowest BCUT2D eigenvalue weighted by Crippen LogP contribution is -2.30. The lowest BCUT2D eigenvalue weighted by Gasteiger charge is -2.23. The lowest BCUT2D eigenvalue weighted by atomic mass is 10.3. The van der Waals surface area contributed by atoms with Crippen molar-refractivity contribution in [3.8, 4) is 17.2 Å². The van der Waals surface area contributed by atoms with Crippen LogP contribution in [0.5, 0.6) is 17.2 Å². The minimum atomic E-state index is 0.588. The van der Waals surface area contributed by atoms with Crippen molar-refractivity contribution in [2.75, 3.05) is 39.5 Å². The molecule has 0 N–H and O–H groups in total. The van der Waals surface area contributed by atoms with Gasteiger partial charge in [0.15, 0.2) is 11.5 Å². The Kier molecular flexibility index (Phi) is 5.99. The molecule has 4 nitrogen and oxygen atoms in total. The van der Waals surface area contributed by atoms with Crippen LogP contribution in [0.3, 0.4) is 0 Å². The van der Waals surface area contributed by atoms with Gasteiger partial charge in [-0.1, -0.05) is 19.9 Å². The first-order chi connectivity index (χ1) is 9.85. The van der Waals surface area contributed by atoms with Gasteiger partial charge in [-0.15, -0.1) is 0 Å². The minimum Gasteiger partial charge on any atom is -0.488 e. The molecule has 0 bridgehead atoms. The Balaban J connectivity index is 1.87. The highest BCUT2D eigenvalue weighted by atomic mass is 16.6. The van der Waals surface area contributed by atoms with Crippen molar-refractivity contribution in [3.05, 3.63) is 18.2 Å². The summed E-state index contributed by atoms with van der Waals surface area (Å²) in [7, 11) is 0. The molecule has 112 valence electrons. The largest absolute Gasteiger partial charge is 0.488 e. The van der Waals surface area contributed by atoms with Crippen LogP contribution in [0.15, 0.2) is 18.2 Å². The van der Waals surface area contributed by atoms with Gasteiger partial charge in [0.2, 0.25) is 5.75 Å². The first kappa shape index (κ1) is 15.0. The van der Waals surface area contributed by atoms with Crippen molar-refractivity contribution in [1.29, 1.82) is 0 Å². The summed E-state index contributed by atoms with van der Waals surface area (Å²) in [5, 5.41) is 0. The summed E-state index contributed by atoms with van der Waals surface area (Å²) in [6.07, 6.45) is 2.36. The maximum absolute atomic E-state index is 5.88. The molecule has 0 saturated carbocycles. The summed E-state index contributed by atoms with van der Waals surface area (Å²) in [5.74, 6) is 2.32. The SMILES string of the molecule is CCCN(CCC)CCOc1cccc2c1OCCO2. The molecule has 0 spiro atoms. The quantitative estimate of drug-likeness (QED) is 0.732. The van der Waals surface area contributed by atoms with Gasteiger partial charge in [0.05, 0.1) is 0 Å². The molecule has 0 amide bonds. The molecule has 0 fully saturated rings. The lowest BCUT2D eigenvalue weighted by molar-refractivity contribution is 0.156. The number of benzene rings is 1. The van der Waals surface area contributed by atoms with E-state index in [4.69, 9.17) is 14.2 Å². The second kappa shape index (κ2) is 8.00. The molecule has 0 aromatic heterocycles. The Bertz CT molecular complexity index is 403. The zero-order chi connectivity index (χ0) is 14.2. The zero-order valence-electron chi connectivity index (χ0n) is 12.6. The van der Waals surface area contributed by atoms with Crippen molar-refractivity contribution >= 4 is 0 Å². The van der Waals surface area contributed by atoms with Crippen molar-refractivity contribution < 1.29 is 14.2 Å². The van der Waals surface area contributed by atoms with Crippen LogP contribution in [-0.4, -0.2) is 44.4 Å². The number of ether oxygens (including phenoxy) is 3. The molecular formula is C16H25NO3. The summed E-state index contributed by atoms with van der Waals surface area (Å²) >= 11 is 0. The Morgan fingerprint density at radius 3 is 2.55 bits per heavy atom. The third-order valence-corrected chi connectivity index (χ3v) is 3.27. The molecule has 0 atom stereocenters.